The molecule has 0 radical (unpaired) electrons. The van der Waals surface area contributed by atoms with Gasteiger partial charge in [0.25, 0.3) is 10.1 Å². The van der Waals surface area contributed by atoms with E-state index in [1.54, 1.807) is 0 Å². The summed E-state index contributed by atoms with van der Waals surface area (Å²) in [6, 6.07) is 10.4. The largest absolute Gasteiger partial charge is 0.394 e. The number of nitriles is 1. The molecule has 1 aromatic carbocycles. The summed E-state index contributed by atoms with van der Waals surface area (Å²) in [5, 5.41) is 21.5. The molecule has 1 fully saturated rings. The van der Waals surface area contributed by atoms with Crippen LogP contribution in [0.15, 0.2) is 30.3 Å². The van der Waals surface area contributed by atoms with E-state index >= 15 is 0 Å². The molecule has 1 aromatic rings. The van der Waals surface area contributed by atoms with Crippen molar-refractivity contribution in [3.8, 4) is 6.07 Å². The minimum Gasteiger partial charge on any atom is -0.394 e. The lowest BCUT2D eigenvalue weighted by Gasteiger charge is -2.21. The third kappa shape index (κ3) is 5.51. The fraction of sp³-hybridized carbons (Fsp3) is 0.611. The summed E-state index contributed by atoms with van der Waals surface area (Å²) in [6.07, 6.45) is 0.393. The van der Waals surface area contributed by atoms with E-state index in [9.17, 15) is 18.8 Å². The van der Waals surface area contributed by atoms with Crippen LogP contribution >= 0.6 is 0 Å². The highest BCUT2D eigenvalue weighted by atomic mass is 32.2. The van der Waals surface area contributed by atoms with Crippen molar-refractivity contribution in [1.82, 2.24) is 5.32 Å². The molecule has 0 spiro atoms. The van der Waals surface area contributed by atoms with E-state index in [-0.39, 0.29) is 24.5 Å². The molecule has 138 valence electrons. The molecule has 0 saturated heterocycles. The average molecular weight is 366 g/mol. The highest BCUT2D eigenvalue weighted by Crippen LogP contribution is 2.41. The molecule has 0 aliphatic heterocycles. The molecule has 0 heterocycles. The molecule has 1 aliphatic carbocycles. The van der Waals surface area contributed by atoms with Crippen molar-refractivity contribution in [2.45, 2.75) is 44.5 Å². The second kappa shape index (κ2) is 7.83. The minimum atomic E-state index is -3.69. The van der Waals surface area contributed by atoms with Gasteiger partial charge in [0.2, 0.25) is 0 Å². The molecular formula is C18H26N2O4S. The second-order valence-corrected chi connectivity index (χ2v) is 9.50. The normalized spacial score (nSPS) is 22.8. The Morgan fingerprint density at radius 1 is 1.36 bits per heavy atom. The molecule has 0 unspecified atom stereocenters. The molecule has 0 aromatic heterocycles. The number of benzene rings is 1. The van der Waals surface area contributed by atoms with Gasteiger partial charge in [-0.3, -0.25) is 9.50 Å². The van der Waals surface area contributed by atoms with Crippen LogP contribution in [0.1, 0.15) is 38.8 Å². The number of aliphatic hydroxyl groups is 1. The van der Waals surface area contributed by atoms with Gasteiger partial charge in [0, 0.05) is 5.92 Å². The van der Waals surface area contributed by atoms with Gasteiger partial charge >= 0.3 is 0 Å². The third-order valence-corrected chi connectivity index (χ3v) is 5.87. The number of nitrogens with zero attached hydrogens (tertiary/aromatic N) is 1. The van der Waals surface area contributed by atoms with Crippen molar-refractivity contribution in [2.24, 2.45) is 11.3 Å². The first-order valence-electron chi connectivity index (χ1n) is 8.37. The van der Waals surface area contributed by atoms with Crippen molar-refractivity contribution in [1.29, 1.82) is 5.26 Å². The summed E-state index contributed by atoms with van der Waals surface area (Å²) in [5.74, 6) is -0.326. The van der Waals surface area contributed by atoms with E-state index in [4.69, 9.17) is 4.18 Å². The van der Waals surface area contributed by atoms with Crippen LogP contribution in [-0.2, 0) is 14.3 Å². The zero-order valence-corrected chi connectivity index (χ0v) is 15.7. The van der Waals surface area contributed by atoms with Crippen molar-refractivity contribution >= 4 is 10.1 Å². The summed E-state index contributed by atoms with van der Waals surface area (Å²) in [7, 11) is -3.69. The quantitative estimate of drug-likeness (QED) is 0.683. The maximum atomic E-state index is 12.3. The fourth-order valence-corrected chi connectivity index (χ4v) is 4.37. The molecule has 7 heteroatoms. The monoisotopic (exact) mass is 366 g/mol. The molecule has 25 heavy (non-hydrogen) atoms. The maximum Gasteiger partial charge on any atom is 0.270 e. The lowest BCUT2D eigenvalue weighted by atomic mass is 9.99. The summed E-state index contributed by atoms with van der Waals surface area (Å²) in [6.45, 7) is 5.65. The number of rotatable bonds is 8. The summed E-state index contributed by atoms with van der Waals surface area (Å²) < 4.78 is 29.7. The predicted molar refractivity (Wildman–Crippen MR) is 95.0 cm³/mol. The number of hydrogen-bond donors (Lipinski definition) is 2. The Hall–Kier alpha value is -1.46. The minimum absolute atomic E-state index is 0.118. The van der Waals surface area contributed by atoms with Gasteiger partial charge in [-0.05, 0) is 17.4 Å². The van der Waals surface area contributed by atoms with Gasteiger partial charge in [-0.25, -0.2) is 0 Å². The van der Waals surface area contributed by atoms with Crippen molar-refractivity contribution in [3.05, 3.63) is 35.9 Å². The Labute approximate surface area is 149 Å². The van der Waals surface area contributed by atoms with Crippen LogP contribution in [0.25, 0.3) is 0 Å². The van der Waals surface area contributed by atoms with E-state index in [1.165, 1.54) is 0 Å². The Kier molecular flexibility index (Phi) is 6.22. The molecule has 2 rings (SSSR count). The van der Waals surface area contributed by atoms with Crippen molar-refractivity contribution < 1.29 is 17.7 Å². The molecular weight excluding hydrogens is 340 g/mol. The first-order valence-corrected chi connectivity index (χ1v) is 9.85. The maximum absolute atomic E-state index is 12.3. The van der Waals surface area contributed by atoms with Gasteiger partial charge in [0.15, 0.2) is 0 Å². The molecule has 4 atom stereocenters. The van der Waals surface area contributed by atoms with E-state index in [0.29, 0.717) is 6.42 Å². The molecule has 6 nitrogen and oxygen atoms in total. The van der Waals surface area contributed by atoms with Gasteiger partial charge in [-0.2, -0.15) is 13.7 Å². The van der Waals surface area contributed by atoms with E-state index in [0.717, 1.165) is 5.56 Å². The van der Waals surface area contributed by atoms with Crippen LogP contribution in [-0.4, -0.2) is 38.0 Å². The van der Waals surface area contributed by atoms with Crippen LogP contribution < -0.4 is 5.32 Å². The number of hydrogen-bond acceptors (Lipinski definition) is 6. The third-order valence-electron chi connectivity index (χ3n) is 4.14. The van der Waals surface area contributed by atoms with Crippen LogP contribution in [0.2, 0.25) is 0 Å². The lowest BCUT2D eigenvalue weighted by molar-refractivity contribution is 0.202. The first kappa shape index (κ1) is 19.9. The highest BCUT2D eigenvalue weighted by molar-refractivity contribution is 7.87. The lowest BCUT2D eigenvalue weighted by Crippen LogP contribution is -2.37. The second-order valence-electron chi connectivity index (χ2n) is 7.67. The molecule has 1 saturated carbocycles. The Balaban J connectivity index is 2.00. The highest BCUT2D eigenvalue weighted by Gasteiger charge is 2.53. The van der Waals surface area contributed by atoms with Gasteiger partial charge in [0.05, 0.1) is 30.6 Å². The standard InChI is InChI=1S/C18H26N2O4S/c1-18(2,3)12-24-25(22,23)17-9-14(17)15(10-19)20-16(11-21)13-7-5-4-6-8-13/h4-8,14-17,20-21H,9,11-12H2,1-3H3/t14-,15+,16-,17+/m0/s1. The molecule has 2 N–H and O–H groups in total. The van der Waals surface area contributed by atoms with E-state index in [1.807, 2.05) is 51.1 Å². The summed E-state index contributed by atoms with van der Waals surface area (Å²) in [5.41, 5.74) is 0.605. The number of aliphatic hydroxyl groups excluding tert-OH is 1. The Morgan fingerprint density at radius 3 is 2.52 bits per heavy atom. The number of nitrogens with one attached hydrogen (secondary N) is 1. The zero-order chi connectivity index (χ0) is 18.7. The first-order chi connectivity index (χ1) is 11.7. The van der Waals surface area contributed by atoms with Gasteiger partial charge in [0.1, 0.15) is 6.04 Å². The van der Waals surface area contributed by atoms with Crippen LogP contribution in [0.5, 0.6) is 0 Å². The van der Waals surface area contributed by atoms with Crippen LogP contribution in [0.4, 0.5) is 0 Å². The summed E-state index contributed by atoms with van der Waals surface area (Å²) >= 11 is 0. The van der Waals surface area contributed by atoms with Gasteiger partial charge < -0.3 is 5.11 Å². The van der Waals surface area contributed by atoms with Crippen molar-refractivity contribution in [3.63, 3.8) is 0 Å². The van der Waals surface area contributed by atoms with Crippen LogP contribution in [0.3, 0.4) is 0 Å². The fourth-order valence-electron chi connectivity index (χ4n) is 2.63. The topological polar surface area (TPSA) is 99.4 Å². The van der Waals surface area contributed by atoms with Crippen LogP contribution in [0, 0.1) is 22.7 Å². The Bertz CT molecular complexity index is 707. The molecule has 0 bridgehead atoms. The predicted octanol–water partition coefficient (Wildman–Crippen LogP) is 1.98. The smallest absolute Gasteiger partial charge is 0.270 e. The molecule has 1 aliphatic rings. The van der Waals surface area contributed by atoms with Gasteiger partial charge in [-0.1, -0.05) is 51.1 Å². The van der Waals surface area contributed by atoms with E-state index < -0.39 is 27.5 Å². The Morgan fingerprint density at radius 2 is 2.00 bits per heavy atom. The molecule has 0 amide bonds. The average Bonchev–Trinajstić information content (AvgIpc) is 3.36. The van der Waals surface area contributed by atoms with Gasteiger partial charge in [-0.15, -0.1) is 0 Å². The summed E-state index contributed by atoms with van der Waals surface area (Å²) in [4.78, 5) is 0. The van der Waals surface area contributed by atoms with E-state index in [2.05, 4.69) is 11.4 Å². The van der Waals surface area contributed by atoms with Crippen molar-refractivity contribution in [2.75, 3.05) is 13.2 Å². The zero-order valence-electron chi connectivity index (χ0n) is 14.8. The SMILES string of the molecule is CC(C)(C)COS(=O)(=O)[C@@H]1C[C@H]1[C@@H](C#N)N[C@@H](CO)c1ccccc1.